The minimum Gasteiger partial charge on any atom is -0.467 e. The number of nitrogens with zero attached hydrogens (tertiary/aromatic N) is 7. The summed E-state index contributed by atoms with van der Waals surface area (Å²) in [5.41, 5.74) is 7.20. The van der Waals surface area contributed by atoms with Crippen LogP contribution in [-0.2, 0) is 37.0 Å². The van der Waals surface area contributed by atoms with Gasteiger partial charge in [0.05, 0.1) is 48.3 Å². The van der Waals surface area contributed by atoms with Crippen LogP contribution >= 0.6 is 11.6 Å². The molecule has 3 atom stereocenters. The van der Waals surface area contributed by atoms with Crippen LogP contribution in [0.25, 0.3) is 0 Å². The minimum atomic E-state index is -4.57. The van der Waals surface area contributed by atoms with Crippen LogP contribution < -0.4 is 15.4 Å². The number of aryl methyl sites for hydroxylation is 1. The maximum atomic E-state index is 13.8. The van der Waals surface area contributed by atoms with E-state index in [9.17, 15) is 22.4 Å². The van der Waals surface area contributed by atoms with Gasteiger partial charge in [0.1, 0.15) is 12.0 Å². The molecule has 1 aromatic carbocycles. The van der Waals surface area contributed by atoms with E-state index in [1.165, 1.54) is 37.0 Å². The number of halogens is 5. The number of hydrogen-bond acceptors (Lipinski definition) is 9. The van der Waals surface area contributed by atoms with Gasteiger partial charge in [0.15, 0.2) is 5.69 Å². The van der Waals surface area contributed by atoms with Crippen molar-refractivity contribution in [2.75, 3.05) is 51.5 Å². The molecule has 0 radical (unpaired) electrons. The van der Waals surface area contributed by atoms with Gasteiger partial charge < -0.3 is 25.0 Å². The SMILES string of the molecule is COc1nc2c(c(N3CCCn4nc(C(=O)N(C)C)c(Cl)c4C3)n1)COC(c1cc(N)ccc1C(F)(F)F)C2.FC1CC2CCCN2C1. The van der Waals surface area contributed by atoms with Crippen LogP contribution in [0, 0.1) is 0 Å². The lowest BCUT2D eigenvalue weighted by Gasteiger charge is -2.31. The molecule has 48 heavy (non-hydrogen) atoms. The predicted octanol–water partition coefficient (Wildman–Crippen LogP) is 5.05. The molecule has 2 N–H and O–H groups in total. The van der Waals surface area contributed by atoms with Crippen molar-refractivity contribution in [3.8, 4) is 6.01 Å². The third kappa shape index (κ3) is 6.90. The molecule has 6 heterocycles. The summed E-state index contributed by atoms with van der Waals surface area (Å²) in [4.78, 5) is 27.3. The molecule has 7 rings (SSSR count). The number of benzene rings is 1. The number of nitrogen functional groups attached to an aromatic ring is 1. The Kier molecular flexibility index (Phi) is 9.73. The lowest BCUT2D eigenvalue weighted by Crippen LogP contribution is -2.29. The summed E-state index contributed by atoms with van der Waals surface area (Å²) in [6.07, 6.45) is -1.91. The van der Waals surface area contributed by atoms with E-state index in [-0.39, 0.29) is 46.9 Å². The van der Waals surface area contributed by atoms with Crippen molar-refractivity contribution in [1.29, 1.82) is 0 Å². The van der Waals surface area contributed by atoms with Crippen LogP contribution in [0.1, 0.15) is 70.4 Å². The standard InChI is InChI=1S/C25H27ClF3N7O3.C7H12FN/c1-34(2)23(37)21-20(26)18-11-35(7-4-8-36(18)33-21)22-15-12-39-19(10-17(15)31-24(32-22)38-3)14-9-13(30)5-6-16(14)25(27,28)29;8-6-4-7-2-1-3-9(7)5-6/h5-6,9,19H,4,7-8,10-12,30H2,1-3H3;6-7H,1-5H2. The Morgan fingerprint density at radius 1 is 1.17 bits per heavy atom. The maximum absolute atomic E-state index is 13.8. The van der Waals surface area contributed by atoms with Gasteiger partial charge in [-0.2, -0.15) is 28.2 Å². The molecule has 16 heteroatoms. The van der Waals surface area contributed by atoms with Crippen LogP contribution in [-0.4, -0.2) is 88.5 Å². The van der Waals surface area contributed by atoms with Crippen molar-refractivity contribution < 1.29 is 31.8 Å². The normalized spacial score (nSPS) is 22.2. The van der Waals surface area contributed by atoms with Crippen LogP contribution in [0.5, 0.6) is 6.01 Å². The number of hydrogen-bond donors (Lipinski definition) is 1. The first-order chi connectivity index (χ1) is 22.8. The monoisotopic (exact) mass is 694 g/mol. The number of ether oxygens (including phenoxy) is 2. The summed E-state index contributed by atoms with van der Waals surface area (Å²) in [7, 11) is 4.68. The average Bonchev–Trinajstić information content (AvgIpc) is 3.66. The Bertz CT molecular complexity index is 1660. The van der Waals surface area contributed by atoms with Crippen molar-refractivity contribution in [2.24, 2.45) is 0 Å². The molecule has 4 aliphatic rings. The summed E-state index contributed by atoms with van der Waals surface area (Å²) >= 11 is 6.62. The molecule has 2 aromatic heterocycles. The van der Waals surface area contributed by atoms with Gasteiger partial charge in [-0.1, -0.05) is 11.6 Å². The van der Waals surface area contributed by atoms with Crippen molar-refractivity contribution in [1.82, 2.24) is 29.5 Å². The van der Waals surface area contributed by atoms with Gasteiger partial charge in [0.25, 0.3) is 5.91 Å². The third-order valence-electron chi connectivity index (χ3n) is 9.27. The van der Waals surface area contributed by atoms with Gasteiger partial charge in [0, 0.05) is 57.4 Å². The largest absolute Gasteiger partial charge is 0.467 e. The highest BCUT2D eigenvalue weighted by atomic mass is 35.5. The van der Waals surface area contributed by atoms with Gasteiger partial charge in [-0.25, -0.2) is 4.39 Å². The van der Waals surface area contributed by atoms with E-state index in [0.29, 0.717) is 61.4 Å². The number of amides is 1. The summed E-state index contributed by atoms with van der Waals surface area (Å²) in [5, 5.41) is 4.71. The molecular weight excluding hydrogens is 656 g/mol. The number of alkyl halides is 4. The number of carbonyl (C=O) groups excluding carboxylic acids is 1. The molecule has 4 aliphatic heterocycles. The third-order valence-corrected chi connectivity index (χ3v) is 9.67. The Labute approximate surface area is 280 Å². The first kappa shape index (κ1) is 34.2. The molecule has 2 saturated heterocycles. The molecule has 2 fully saturated rings. The molecular formula is C32H39ClF4N8O3. The lowest BCUT2D eigenvalue weighted by molar-refractivity contribution is -0.139. The first-order valence-electron chi connectivity index (χ1n) is 16.0. The van der Waals surface area contributed by atoms with Gasteiger partial charge in [0.2, 0.25) is 0 Å². The van der Waals surface area contributed by atoms with Gasteiger partial charge in [-0.3, -0.25) is 14.4 Å². The number of anilines is 2. The van der Waals surface area contributed by atoms with Crippen molar-refractivity contribution in [2.45, 2.75) is 76.3 Å². The second-order valence-corrected chi connectivity index (χ2v) is 13.1. The van der Waals surface area contributed by atoms with Crippen LogP contribution in [0.3, 0.4) is 0 Å². The zero-order valence-electron chi connectivity index (χ0n) is 27.1. The molecule has 0 saturated carbocycles. The van der Waals surface area contributed by atoms with Crippen LogP contribution in [0.2, 0.25) is 5.02 Å². The summed E-state index contributed by atoms with van der Waals surface area (Å²) in [6, 6.07) is 4.18. The Morgan fingerprint density at radius 3 is 2.67 bits per heavy atom. The Morgan fingerprint density at radius 2 is 1.96 bits per heavy atom. The Balaban J connectivity index is 0.000000381. The highest BCUT2D eigenvalue weighted by Crippen LogP contribution is 2.42. The molecule has 11 nitrogen and oxygen atoms in total. The number of rotatable bonds is 4. The second kappa shape index (κ2) is 13.7. The second-order valence-electron chi connectivity index (χ2n) is 12.7. The number of aromatic nitrogens is 4. The number of nitrogens with two attached hydrogens (primary N) is 1. The number of methoxy groups -OCH3 is 1. The Hall–Kier alpha value is -3.69. The van der Waals surface area contributed by atoms with E-state index in [1.807, 2.05) is 4.90 Å². The van der Waals surface area contributed by atoms with E-state index in [2.05, 4.69) is 20.0 Å². The van der Waals surface area contributed by atoms with E-state index in [0.717, 1.165) is 19.0 Å². The highest BCUT2D eigenvalue weighted by molar-refractivity contribution is 6.34. The quantitative estimate of drug-likeness (QED) is 0.296. The van der Waals surface area contributed by atoms with Gasteiger partial charge in [-0.05, 0) is 56.0 Å². The smallest absolute Gasteiger partial charge is 0.416 e. The average molecular weight is 695 g/mol. The summed E-state index contributed by atoms with van der Waals surface area (Å²) in [5.74, 6) is 0.234. The van der Waals surface area contributed by atoms with Crippen molar-refractivity contribution in [3.63, 3.8) is 0 Å². The fourth-order valence-electron chi connectivity index (χ4n) is 6.93. The molecule has 0 spiro atoms. The maximum Gasteiger partial charge on any atom is 0.416 e. The molecule has 3 aromatic rings. The molecule has 0 bridgehead atoms. The topological polar surface area (TPSA) is 115 Å². The molecule has 260 valence electrons. The van der Waals surface area contributed by atoms with Crippen molar-refractivity contribution in [3.05, 3.63) is 57.0 Å². The molecule has 0 aliphatic carbocycles. The molecule has 1 amide bonds. The van der Waals surface area contributed by atoms with Crippen LogP contribution in [0.4, 0.5) is 29.1 Å². The fraction of sp³-hybridized carbons (Fsp3) is 0.562. The van der Waals surface area contributed by atoms with E-state index in [4.69, 9.17) is 26.8 Å². The lowest BCUT2D eigenvalue weighted by atomic mass is 9.94. The zero-order chi connectivity index (χ0) is 34.3. The summed E-state index contributed by atoms with van der Waals surface area (Å²) < 4.78 is 66.9. The van der Waals surface area contributed by atoms with Gasteiger partial charge >= 0.3 is 12.2 Å². The van der Waals surface area contributed by atoms with Gasteiger partial charge in [-0.15, -0.1) is 0 Å². The number of fused-ring (bicyclic) bond motifs is 3. The number of carbonyl (C=O) groups is 1. The van der Waals surface area contributed by atoms with E-state index < -0.39 is 24.0 Å². The van der Waals surface area contributed by atoms with E-state index >= 15 is 0 Å². The van der Waals surface area contributed by atoms with Crippen molar-refractivity contribution >= 4 is 29.0 Å². The first-order valence-corrected chi connectivity index (χ1v) is 16.3. The molecule has 3 unspecified atom stereocenters. The van der Waals surface area contributed by atoms with E-state index in [1.54, 1.807) is 18.8 Å². The minimum absolute atomic E-state index is 0.0146. The summed E-state index contributed by atoms with van der Waals surface area (Å²) in [6.45, 7) is 3.27. The zero-order valence-corrected chi connectivity index (χ0v) is 27.8. The van der Waals surface area contributed by atoms with Crippen LogP contribution in [0.15, 0.2) is 18.2 Å². The fourth-order valence-corrected chi connectivity index (χ4v) is 7.20. The predicted molar refractivity (Wildman–Crippen MR) is 171 cm³/mol. The highest BCUT2D eigenvalue weighted by Gasteiger charge is 2.38.